The molecule has 4 nitrogen and oxygen atoms in total. The summed E-state index contributed by atoms with van der Waals surface area (Å²) < 4.78 is 18.6. The van der Waals surface area contributed by atoms with Crippen molar-refractivity contribution in [1.82, 2.24) is 10.1 Å². The lowest BCUT2D eigenvalue weighted by molar-refractivity contribution is 0.159. The molecule has 17 heavy (non-hydrogen) atoms. The average Bonchev–Trinajstić information content (AvgIpc) is 2.81. The molecule has 2 aromatic rings. The predicted molar refractivity (Wildman–Crippen MR) is 62.6 cm³/mol. The molecule has 6 heteroatoms. The topological polar surface area (TPSA) is 59.2 Å². The highest BCUT2D eigenvalue weighted by atomic mass is 79.9. The van der Waals surface area contributed by atoms with E-state index in [2.05, 4.69) is 26.1 Å². The molecule has 0 spiro atoms. The lowest BCUT2D eigenvalue weighted by Gasteiger charge is -1.98. The molecular weight excluding hydrogens is 291 g/mol. The zero-order valence-electron chi connectivity index (χ0n) is 9.02. The van der Waals surface area contributed by atoms with Gasteiger partial charge in [-0.3, -0.25) is 0 Å². The van der Waals surface area contributed by atoms with E-state index >= 15 is 0 Å². The molecule has 0 aliphatic carbocycles. The van der Waals surface area contributed by atoms with Gasteiger partial charge < -0.3 is 9.63 Å². The van der Waals surface area contributed by atoms with E-state index < -0.39 is 11.9 Å². The van der Waals surface area contributed by atoms with E-state index in [0.29, 0.717) is 16.5 Å². The lowest BCUT2D eigenvalue weighted by Crippen LogP contribution is -1.97. The van der Waals surface area contributed by atoms with Crippen molar-refractivity contribution in [1.29, 1.82) is 0 Å². The van der Waals surface area contributed by atoms with Crippen molar-refractivity contribution in [2.45, 2.75) is 19.4 Å². The minimum absolute atomic E-state index is 0.193. The predicted octanol–water partition coefficient (Wildman–Crippen LogP) is 3.08. The number of aliphatic hydroxyl groups is 1. The molecule has 0 fully saturated rings. The van der Waals surface area contributed by atoms with Crippen LogP contribution in [0, 0.1) is 5.82 Å². The maximum atomic E-state index is 13.3. The van der Waals surface area contributed by atoms with Gasteiger partial charge in [0.2, 0.25) is 5.82 Å². The van der Waals surface area contributed by atoms with Crippen LogP contribution in [0.2, 0.25) is 0 Å². The van der Waals surface area contributed by atoms with Crippen molar-refractivity contribution in [2.75, 3.05) is 0 Å². The Morgan fingerprint density at radius 3 is 2.94 bits per heavy atom. The highest BCUT2D eigenvalue weighted by Gasteiger charge is 2.15. The third kappa shape index (κ3) is 2.53. The van der Waals surface area contributed by atoms with E-state index in [-0.39, 0.29) is 11.7 Å². The van der Waals surface area contributed by atoms with Gasteiger partial charge in [0.25, 0.3) is 5.89 Å². The number of nitrogens with zero attached hydrogens (tertiary/aromatic N) is 2. The van der Waals surface area contributed by atoms with Crippen molar-refractivity contribution in [3.8, 4) is 11.5 Å². The van der Waals surface area contributed by atoms with Gasteiger partial charge >= 0.3 is 0 Å². The number of hydrogen-bond acceptors (Lipinski definition) is 4. The lowest BCUT2D eigenvalue weighted by atomic mass is 10.2. The van der Waals surface area contributed by atoms with Gasteiger partial charge in [-0.25, -0.2) is 4.39 Å². The Kier molecular flexibility index (Phi) is 3.54. The molecule has 1 heterocycles. The van der Waals surface area contributed by atoms with E-state index in [4.69, 9.17) is 4.52 Å². The Labute approximate surface area is 106 Å². The van der Waals surface area contributed by atoms with Crippen LogP contribution in [-0.4, -0.2) is 15.2 Å². The summed E-state index contributed by atoms with van der Waals surface area (Å²) in [6.07, 6.45) is -0.263. The minimum atomic E-state index is -0.757. The van der Waals surface area contributed by atoms with Crippen LogP contribution in [0.5, 0.6) is 0 Å². The molecule has 2 rings (SSSR count). The molecule has 1 aromatic carbocycles. The number of benzene rings is 1. The van der Waals surface area contributed by atoms with Crippen molar-refractivity contribution < 1.29 is 14.0 Å². The van der Waals surface area contributed by atoms with E-state index in [0.717, 1.165) is 0 Å². The van der Waals surface area contributed by atoms with Crippen molar-refractivity contribution >= 4 is 15.9 Å². The summed E-state index contributed by atoms with van der Waals surface area (Å²) in [6.45, 7) is 1.81. The van der Waals surface area contributed by atoms with Crippen molar-refractivity contribution in [3.63, 3.8) is 0 Å². The monoisotopic (exact) mass is 300 g/mol. The first kappa shape index (κ1) is 12.2. The Morgan fingerprint density at radius 1 is 1.53 bits per heavy atom. The minimum Gasteiger partial charge on any atom is -0.385 e. The van der Waals surface area contributed by atoms with Gasteiger partial charge in [0.15, 0.2) is 0 Å². The fourth-order valence-corrected chi connectivity index (χ4v) is 1.55. The van der Waals surface area contributed by atoms with Crippen LogP contribution in [0.3, 0.4) is 0 Å². The molecule has 1 N–H and O–H groups in total. The Morgan fingerprint density at radius 2 is 2.29 bits per heavy atom. The molecule has 90 valence electrons. The fourth-order valence-electron chi connectivity index (χ4n) is 1.30. The second kappa shape index (κ2) is 4.93. The van der Waals surface area contributed by atoms with Gasteiger partial charge in [0.1, 0.15) is 11.9 Å². The number of hydrogen-bond donors (Lipinski definition) is 1. The molecule has 0 aliphatic rings. The molecule has 0 saturated heterocycles. The molecule has 1 unspecified atom stereocenters. The van der Waals surface area contributed by atoms with Crippen molar-refractivity contribution in [3.05, 3.63) is 34.3 Å². The number of halogens is 2. The third-order valence-electron chi connectivity index (χ3n) is 2.29. The number of aliphatic hydroxyl groups excluding tert-OH is 1. The second-order valence-corrected chi connectivity index (χ2v) is 4.36. The van der Waals surface area contributed by atoms with E-state index in [1.54, 1.807) is 19.1 Å². The normalized spacial score (nSPS) is 12.7. The quantitative estimate of drug-likeness (QED) is 0.946. The summed E-state index contributed by atoms with van der Waals surface area (Å²) in [4.78, 5) is 4.01. The Bertz CT molecular complexity index is 530. The van der Waals surface area contributed by atoms with Gasteiger partial charge in [-0.15, -0.1) is 0 Å². The molecule has 0 aliphatic heterocycles. The molecule has 0 amide bonds. The van der Waals surface area contributed by atoms with Crippen LogP contribution in [0.25, 0.3) is 11.5 Å². The summed E-state index contributed by atoms with van der Waals surface area (Å²) in [7, 11) is 0. The number of aromatic nitrogens is 2. The molecule has 0 radical (unpaired) electrons. The zero-order chi connectivity index (χ0) is 12.4. The maximum absolute atomic E-state index is 13.3. The molecule has 1 atom stereocenters. The van der Waals surface area contributed by atoms with Crippen LogP contribution >= 0.6 is 15.9 Å². The first-order valence-corrected chi connectivity index (χ1v) is 5.88. The summed E-state index contributed by atoms with van der Waals surface area (Å²) in [5.74, 6) is 0.00279. The summed E-state index contributed by atoms with van der Waals surface area (Å²) >= 11 is 3.06. The van der Waals surface area contributed by atoms with E-state index in [1.165, 1.54) is 6.07 Å². The van der Waals surface area contributed by atoms with Gasteiger partial charge in [0.05, 0.1) is 4.47 Å². The van der Waals surface area contributed by atoms with Crippen LogP contribution < -0.4 is 0 Å². The number of rotatable bonds is 3. The zero-order valence-corrected chi connectivity index (χ0v) is 10.6. The van der Waals surface area contributed by atoms with Gasteiger partial charge in [-0.05, 0) is 40.5 Å². The van der Waals surface area contributed by atoms with E-state index in [1.807, 2.05) is 0 Å². The molecule has 1 aromatic heterocycles. The highest BCUT2D eigenvalue weighted by Crippen LogP contribution is 2.24. The van der Waals surface area contributed by atoms with E-state index in [9.17, 15) is 9.50 Å². The van der Waals surface area contributed by atoms with Crippen LogP contribution in [0.4, 0.5) is 4.39 Å². The van der Waals surface area contributed by atoms with Crippen LogP contribution in [-0.2, 0) is 0 Å². The van der Waals surface area contributed by atoms with Gasteiger partial charge in [0, 0.05) is 5.56 Å². The van der Waals surface area contributed by atoms with Crippen molar-refractivity contribution in [2.24, 2.45) is 0 Å². The third-order valence-corrected chi connectivity index (χ3v) is 2.94. The summed E-state index contributed by atoms with van der Waals surface area (Å²) in [5, 5.41) is 13.2. The summed E-state index contributed by atoms with van der Waals surface area (Å²) in [5.41, 5.74) is 0.479. The molecular formula is C11H10BrFN2O2. The SMILES string of the molecule is CCC(O)c1noc(-c2ccc(Br)c(F)c2)n1. The molecule has 0 saturated carbocycles. The average molecular weight is 301 g/mol. The van der Waals surface area contributed by atoms with Gasteiger partial charge in [-0.1, -0.05) is 12.1 Å². The fraction of sp³-hybridized carbons (Fsp3) is 0.273. The Balaban J connectivity index is 2.33. The maximum Gasteiger partial charge on any atom is 0.258 e. The second-order valence-electron chi connectivity index (χ2n) is 3.51. The smallest absolute Gasteiger partial charge is 0.258 e. The highest BCUT2D eigenvalue weighted by molar-refractivity contribution is 9.10. The van der Waals surface area contributed by atoms with Gasteiger partial charge in [-0.2, -0.15) is 4.98 Å². The summed E-state index contributed by atoms with van der Waals surface area (Å²) in [6, 6.07) is 4.51. The largest absolute Gasteiger partial charge is 0.385 e. The Hall–Kier alpha value is -1.27. The van der Waals surface area contributed by atoms with Crippen LogP contribution in [0.15, 0.2) is 27.2 Å². The van der Waals surface area contributed by atoms with Crippen LogP contribution in [0.1, 0.15) is 25.3 Å². The first-order valence-electron chi connectivity index (χ1n) is 5.09. The standard InChI is InChI=1S/C11H10BrFN2O2/c1-2-9(16)10-14-11(17-15-10)6-3-4-7(12)8(13)5-6/h3-5,9,16H,2H2,1H3. The molecule has 0 bridgehead atoms. The first-order chi connectivity index (χ1) is 8.11.